The summed E-state index contributed by atoms with van der Waals surface area (Å²) in [5, 5.41) is 14.2. The summed E-state index contributed by atoms with van der Waals surface area (Å²) in [5.74, 6) is -0.898. The third-order valence-corrected chi connectivity index (χ3v) is 3.91. The Morgan fingerprint density at radius 2 is 2.14 bits per heavy atom. The molecule has 0 radical (unpaired) electrons. The van der Waals surface area contributed by atoms with Gasteiger partial charge in [0.2, 0.25) is 0 Å². The molecule has 1 aromatic carbocycles. The van der Waals surface area contributed by atoms with Crippen molar-refractivity contribution in [3.05, 3.63) is 34.9 Å². The summed E-state index contributed by atoms with van der Waals surface area (Å²) in [6.07, 6.45) is 0.779. The highest BCUT2D eigenvalue weighted by molar-refractivity contribution is 6.30. The molecule has 3 N–H and O–H groups in total. The lowest BCUT2D eigenvalue weighted by Crippen LogP contribution is -2.53. The SMILES string of the molecule is O=C(O)CCCNC(=O)NC1CC(F)(c2cccc(Cl)c2)C1. The minimum Gasteiger partial charge on any atom is -0.481 e. The number of carbonyl (C=O) groups is 2. The number of hydrogen-bond donors (Lipinski definition) is 3. The van der Waals surface area contributed by atoms with Crippen LogP contribution in [0.3, 0.4) is 0 Å². The first-order valence-electron chi connectivity index (χ1n) is 7.10. The smallest absolute Gasteiger partial charge is 0.315 e. The Morgan fingerprint density at radius 1 is 1.41 bits per heavy atom. The highest BCUT2D eigenvalue weighted by Crippen LogP contribution is 2.45. The van der Waals surface area contributed by atoms with E-state index in [-0.39, 0.29) is 31.8 Å². The van der Waals surface area contributed by atoms with Crippen LogP contribution in [0.5, 0.6) is 0 Å². The van der Waals surface area contributed by atoms with E-state index in [9.17, 15) is 14.0 Å². The number of amides is 2. The molecule has 5 nitrogen and oxygen atoms in total. The van der Waals surface area contributed by atoms with E-state index in [1.165, 1.54) is 0 Å². The van der Waals surface area contributed by atoms with E-state index in [0.717, 1.165) is 0 Å². The zero-order chi connectivity index (χ0) is 16.2. The second-order valence-electron chi connectivity index (χ2n) is 5.48. The van der Waals surface area contributed by atoms with Gasteiger partial charge in [0, 0.05) is 36.9 Å². The van der Waals surface area contributed by atoms with Crippen LogP contribution >= 0.6 is 11.6 Å². The molecule has 22 heavy (non-hydrogen) atoms. The quantitative estimate of drug-likeness (QED) is 0.703. The molecule has 1 aliphatic rings. The lowest BCUT2D eigenvalue weighted by atomic mass is 9.73. The Labute approximate surface area is 132 Å². The summed E-state index contributed by atoms with van der Waals surface area (Å²) in [6.45, 7) is 0.278. The lowest BCUT2D eigenvalue weighted by Gasteiger charge is -2.42. The first kappa shape index (κ1) is 16.5. The van der Waals surface area contributed by atoms with Gasteiger partial charge in [0.25, 0.3) is 0 Å². The van der Waals surface area contributed by atoms with Gasteiger partial charge in [-0.05, 0) is 24.1 Å². The summed E-state index contributed by atoms with van der Waals surface area (Å²) >= 11 is 5.86. The molecule has 1 aliphatic carbocycles. The van der Waals surface area contributed by atoms with Crippen molar-refractivity contribution >= 4 is 23.6 Å². The minimum atomic E-state index is -1.45. The van der Waals surface area contributed by atoms with E-state index in [2.05, 4.69) is 10.6 Å². The summed E-state index contributed by atoms with van der Waals surface area (Å²) in [7, 11) is 0. The molecule has 0 bridgehead atoms. The standard InChI is InChI=1S/C15H18ClFN2O3/c16-11-4-1-3-10(7-11)15(17)8-12(9-15)19-14(22)18-6-2-5-13(20)21/h1,3-4,7,12H,2,5-6,8-9H2,(H,20,21)(H2,18,19,22). The van der Waals surface area contributed by atoms with E-state index < -0.39 is 17.7 Å². The van der Waals surface area contributed by atoms with Gasteiger partial charge in [0.1, 0.15) is 5.67 Å². The van der Waals surface area contributed by atoms with Crippen LogP contribution in [0.2, 0.25) is 5.02 Å². The number of carbonyl (C=O) groups excluding carboxylic acids is 1. The van der Waals surface area contributed by atoms with Gasteiger partial charge < -0.3 is 15.7 Å². The van der Waals surface area contributed by atoms with Gasteiger partial charge in [0.15, 0.2) is 0 Å². The zero-order valence-electron chi connectivity index (χ0n) is 11.9. The molecule has 0 aliphatic heterocycles. The Morgan fingerprint density at radius 3 is 2.77 bits per heavy atom. The molecule has 0 saturated heterocycles. The molecule has 2 rings (SSSR count). The van der Waals surface area contributed by atoms with Crippen LogP contribution < -0.4 is 10.6 Å². The fraction of sp³-hybridized carbons (Fsp3) is 0.467. The molecule has 0 spiro atoms. The zero-order valence-corrected chi connectivity index (χ0v) is 12.7. The Hall–Kier alpha value is -1.82. The van der Waals surface area contributed by atoms with E-state index in [1.807, 2.05) is 0 Å². The van der Waals surface area contributed by atoms with Crippen LogP contribution in [0.15, 0.2) is 24.3 Å². The van der Waals surface area contributed by atoms with E-state index in [1.54, 1.807) is 24.3 Å². The molecule has 0 unspecified atom stereocenters. The van der Waals surface area contributed by atoms with Gasteiger partial charge in [-0.15, -0.1) is 0 Å². The third-order valence-electron chi connectivity index (χ3n) is 3.67. The average Bonchev–Trinajstić information content (AvgIpc) is 2.41. The Bertz CT molecular complexity index is 561. The van der Waals surface area contributed by atoms with Gasteiger partial charge in [-0.2, -0.15) is 0 Å². The molecule has 1 aromatic rings. The van der Waals surface area contributed by atoms with Gasteiger partial charge in [-0.1, -0.05) is 23.7 Å². The molecule has 1 saturated carbocycles. The second-order valence-corrected chi connectivity index (χ2v) is 5.91. The largest absolute Gasteiger partial charge is 0.481 e. The fourth-order valence-corrected chi connectivity index (χ4v) is 2.69. The summed E-state index contributed by atoms with van der Waals surface area (Å²) in [6, 6.07) is 6.05. The number of hydrogen-bond acceptors (Lipinski definition) is 2. The normalized spacial score (nSPS) is 23.5. The van der Waals surface area contributed by atoms with Crippen molar-refractivity contribution in [3.8, 4) is 0 Å². The second kappa shape index (κ2) is 6.96. The predicted molar refractivity (Wildman–Crippen MR) is 80.7 cm³/mol. The number of rotatable bonds is 6. The predicted octanol–water partition coefficient (Wildman–Crippen LogP) is 2.83. The summed E-state index contributed by atoms with van der Waals surface area (Å²) in [5.41, 5.74) is -0.925. The number of nitrogens with one attached hydrogen (secondary N) is 2. The molecular formula is C15H18ClFN2O3. The first-order chi connectivity index (χ1) is 10.4. The topological polar surface area (TPSA) is 78.4 Å². The number of halogens is 2. The van der Waals surface area contributed by atoms with Crippen LogP contribution in [-0.4, -0.2) is 29.7 Å². The van der Waals surface area contributed by atoms with Gasteiger partial charge in [-0.25, -0.2) is 9.18 Å². The van der Waals surface area contributed by atoms with Crippen molar-refractivity contribution in [3.63, 3.8) is 0 Å². The highest BCUT2D eigenvalue weighted by atomic mass is 35.5. The van der Waals surface area contributed by atoms with Crippen LogP contribution in [0, 0.1) is 0 Å². The number of aliphatic carboxylic acids is 1. The number of alkyl halides is 1. The molecule has 0 atom stereocenters. The van der Waals surface area contributed by atoms with Crippen molar-refractivity contribution in [2.24, 2.45) is 0 Å². The number of carboxylic acids is 1. The number of urea groups is 1. The van der Waals surface area contributed by atoms with Crippen molar-refractivity contribution in [1.29, 1.82) is 0 Å². The highest BCUT2D eigenvalue weighted by Gasteiger charge is 2.46. The van der Waals surface area contributed by atoms with Gasteiger partial charge >= 0.3 is 12.0 Å². The van der Waals surface area contributed by atoms with E-state index in [4.69, 9.17) is 16.7 Å². The molecule has 120 valence electrons. The maximum atomic E-state index is 14.6. The average molecular weight is 329 g/mol. The van der Waals surface area contributed by atoms with Crippen LogP contribution in [0.1, 0.15) is 31.2 Å². The maximum Gasteiger partial charge on any atom is 0.315 e. The van der Waals surface area contributed by atoms with E-state index in [0.29, 0.717) is 17.0 Å². The summed E-state index contributed by atoms with van der Waals surface area (Å²) in [4.78, 5) is 21.9. The van der Waals surface area contributed by atoms with Crippen LogP contribution in [-0.2, 0) is 10.5 Å². The minimum absolute atomic E-state index is 0.00602. The fourth-order valence-electron chi connectivity index (χ4n) is 2.50. The van der Waals surface area contributed by atoms with Crippen molar-refractivity contribution in [1.82, 2.24) is 10.6 Å². The molecule has 0 heterocycles. The molecule has 0 aromatic heterocycles. The number of benzene rings is 1. The Balaban J connectivity index is 1.72. The Kier molecular flexibility index (Phi) is 5.24. The van der Waals surface area contributed by atoms with E-state index >= 15 is 0 Å². The van der Waals surface area contributed by atoms with Crippen molar-refractivity contribution in [2.75, 3.05) is 6.54 Å². The molecule has 1 fully saturated rings. The van der Waals surface area contributed by atoms with Crippen molar-refractivity contribution < 1.29 is 19.1 Å². The molecular weight excluding hydrogens is 311 g/mol. The molecule has 7 heteroatoms. The summed E-state index contributed by atoms with van der Waals surface area (Å²) < 4.78 is 14.6. The van der Waals surface area contributed by atoms with Gasteiger partial charge in [0.05, 0.1) is 0 Å². The van der Waals surface area contributed by atoms with Gasteiger partial charge in [-0.3, -0.25) is 4.79 Å². The first-order valence-corrected chi connectivity index (χ1v) is 7.48. The van der Waals surface area contributed by atoms with Crippen LogP contribution in [0.25, 0.3) is 0 Å². The number of carboxylic acid groups (broad SMARTS) is 1. The third kappa shape index (κ3) is 4.34. The lowest BCUT2D eigenvalue weighted by molar-refractivity contribution is -0.137. The van der Waals surface area contributed by atoms with Crippen molar-refractivity contribution in [2.45, 2.75) is 37.4 Å². The monoisotopic (exact) mass is 328 g/mol. The molecule has 2 amide bonds. The maximum absolute atomic E-state index is 14.6. The van der Waals surface area contributed by atoms with Crippen LogP contribution in [0.4, 0.5) is 9.18 Å².